The lowest BCUT2D eigenvalue weighted by molar-refractivity contribution is -0.121. The van der Waals surface area contributed by atoms with Gasteiger partial charge in [0.05, 0.1) is 18.1 Å². The highest BCUT2D eigenvalue weighted by Gasteiger charge is 2.28. The van der Waals surface area contributed by atoms with Crippen LogP contribution in [0, 0.1) is 0 Å². The molecule has 0 unspecified atom stereocenters. The van der Waals surface area contributed by atoms with Gasteiger partial charge in [-0.05, 0) is 47.7 Å². The summed E-state index contributed by atoms with van der Waals surface area (Å²) < 4.78 is 12.4. The number of para-hydroxylation sites is 1. The summed E-state index contributed by atoms with van der Waals surface area (Å²) in [5.41, 5.74) is 2.21. The molecule has 1 fully saturated rings. The van der Waals surface area contributed by atoms with Crippen molar-refractivity contribution < 1.29 is 14.3 Å². The number of rotatable bonds is 9. The number of ether oxygens (including phenoxy) is 2. The summed E-state index contributed by atoms with van der Waals surface area (Å²) in [6.07, 6.45) is 3.75. The van der Waals surface area contributed by atoms with Gasteiger partial charge in [-0.1, -0.05) is 68.2 Å². The van der Waals surface area contributed by atoms with E-state index in [1.807, 2.05) is 42.5 Å². The smallest absolute Gasteiger partial charge is 0.265 e. The van der Waals surface area contributed by atoms with Gasteiger partial charge >= 0.3 is 0 Å². The summed E-state index contributed by atoms with van der Waals surface area (Å²) in [6.45, 7) is 5.61. The van der Waals surface area contributed by atoms with Gasteiger partial charge in [-0.2, -0.15) is 0 Å². The van der Waals surface area contributed by atoms with Crippen LogP contribution >= 0.6 is 24.0 Å². The summed E-state index contributed by atoms with van der Waals surface area (Å²) in [5, 5.41) is 0. The van der Waals surface area contributed by atoms with E-state index in [2.05, 4.69) is 26.0 Å². The van der Waals surface area contributed by atoms with E-state index < -0.39 is 0 Å². The van der Waals surface area contributed by atoms with Gasteiger partial charge in [0, 0.05) is 13.5 Å². The molecule has 1 heterocycles. The molecule has 2 aromatic carbocycles. The molecular weight excluding hydrogens is 414 g/mol. The topological polar surface area (TPSA) is 38.8 Å². The van der Waals surface area contributed by atoms with Crippen LogP contribution in [0.4, 0.5) is 0 Å². The average molecular weight is 442 g/mol. The number of carbonyl (C=O) groups is 1. The van der Waals surface area contributed by atoms with Gasteiger partial charge in [0.25, 0.3) is 5.91 Å². The van der Waals surface area contributed by atoms with E-state index in [4.69, 9.17) is 21.7 Å². The Kier molecular flexibility index (Phi) is 7.94. The molecule has 2 aromatic rings. The lowest BCUT2D eigenvalue weighted by atomic mass is 9.98. The van der Waals surface area contributed by atoms with Gasteiger partial charge < -0.3 is 9.47 Å². The molecular formula is C24H27NO3S2. The number of carbonyl (C=O) groups excluding carboxylic acids is 1. The summed E-state index contributed by atoms with van der Waals surface area (Å²) in [7, 11) is 1.70. The van der Waals surface area contributed by atoms with Gasteiger partial charge in [0.15, 0.2) is 0 Å². The summed E-state index contributed by atoms with van der Waals surface area (Å²) in [4.78, 5) is 14.2. The first kappa shape index (κ1) is 22.4. The zero-order chi connectivity index (χ0) is 21.5. The SMILES string of the molecule is CC[C@H](C)c1ccccc1OCCCOc1ccc(/C=C2\SC(=S)N(C)C2=O)cc1. The number of amides is 1. The third-order valence-corrected chi connectivity index (χ3v) is 6.53. The lowest BCUT2D eigenvalue weighted by Gasteiger charge is -2.15. The molecule has 30 heavy (non-hydrogen) atoms. The van der Waals surface area contributed by atoms with Crippen LogP contribution < -0.4 is 9.47 Å². The third-order valence-electron chi connectivity index (χ3n) is 5.04. The maximum atomic E-state index is 12.1. The predicted molar refractivity (Wildman–Crippen MR) is 128 cm³/mol. The fourth-order valence-electron chi connectivity index (χ4n) is 3.03. The molecule has 0 aliphatic carbocycles. The summed E-state index contributed by atoms with van der Waals surface area (Å²) in [6, 6.07) is 16.0. The molecule has 0 saturated carbocycles. The molecule has 0 spiro atoms. The van der Waals surface area contributed by atoms with E-state index in [9.17, 15) is 4.79 Å². The number of thioether (sulfide) groups is 1. The molecule has 0 N–H and O–H groups in total. The standard InChI is InChI=1S/C24H27NO3S2/c1-4-17(2)20-8-5-6-9-21(20)28-15-7-14-27-19-12-10-18(11-13-19)16-22-23(26)25(3)24(29)30-22/h5-6,8-13,16-17H,4,7,14-15H2,1-3H3/b22-16-/t17-/m0/s1. The quantitative estimate of drug-likeness (QED) is 0.276. The van der Waals surface area contributed by atoms with Crippen LogP contribution in [0.5, 0.6) is 11.5 Å². The average Bonchev–Trinajstić information content (AvgIpc) is 3.01. The fraction of sp³-hybridized carbons (Fsp3) is 0.333. The van der Waals surface area contributed by atoms with Gasteiger partial charge in [-0.25, -0.2) is 0 Å². The molecule has 158 valence electrons. The number of hydrogen-bond donors (Lipinski definition) is 0. The number of likely N-dealkylation sites (N-methyl/N-ethyl adjacent to an activating group) is 1. The van der Waals surface area contributed by atoms with Gasteiger partial charge in [0.2, 0.25) is 0 Å². The van der Waals surface area contributed by atoms with E-state index in [0.29, 0.717) is 28.4 Å². The Morgan fingerprint density at radius 2 is 1.80 bits per heavy atom. The number of thiocarbonyl (C=S) groups is 1. The summed E-state index contributed by atoms with van der Waals surface area (Å²) in [5.74, 6) is 2.20. The highest BCUT2D eigenvalue weighted by molar-refractivity contribution is 8.26. The molecule has 1 atom stereocenters. The first-order valence-electron chi connectivity index (χ1n) is 10.2. The Morgan fingerprint density at radius 1 is 1.10 bits per heavy atom. The fourth-order valence-corrected chi connectivity index (χ4v) is 4.21. The minimum absolute atomic E-state index is 0.0553. The third kappa shape index (κ3) is 5.64. The van der Waals surface area contributed by atoms with Gasteiger partial charge in [-0.15, -0.1) is 0 Å². The summed E-state index contributed by atoms with van der Waals surface area (Å²) >= 11 is 6.48. The molecule has 6 heteroatoms. The molecule has 1 amide bonds. The van der Waals surface area contributed by atoms with Crippen LogP contribution in [0.25, 0.3) is 6.08 Å². The maximum absolute atomic E-state index is 12.1. The predicted octanol–water partition coefficient (Wildman–Crippen LogP) is 5.88. The highest BCUT2D eigenvalue weighted by atomic mass is 32.2. The van der Waals surface area contributed by atoms with Crippen molar-refractivity contribution >= 4 is 40.3 Å². The number of hydrogen-bond acceptors (Lipinski definition) is 5. The first-order chi connectivity index (χ1) is 14.5. The van der Waals surface area contributed by atoms with Crippen molar-refractivity contribution in [1.82, 2.24) is 4.90 Å². The molecule has 1 saturated heterocycles. The molecule has 1 aliphatic heterocycles. The van der Waals surface area contributed by atoms with Crippen molar-refractivity contribution in [2.75, 3.05) is 20.3 Å². The lowest BCUT2D eigenvalue weighted by Crippen LogP contribution is -2.22. The minimum atomic E-state index is -0.0553. The van der Waals surface area contributed by atoms with Crippen molar-refractivity contribution in [1.29, 1.82) is 0 Å². The van der Waals surface area contributed by atoms with Crippen LogP contribution in [0.1, 0.15) is 43.7 Å². The van der Waals surface area contributed by atoms with Crippen LogP contribution in [-0.2, 0) is 4.79 Å². The maximum Gasteiger partial charge on any atom is 0.265 e. The van der Waals surface area contributed by atoms with E-state index in [1.54, 1.807) is 7.05 Å². The Balaban J connectivity index is 1.45. The number of benzene rings is 2. The number of nitrogens with zero attached hydrogens (tertiary/aromatic N) is 1. The molecule has 1 aliphatic rings. The van der Waals surface area contributed by atoms with Crippen LogP contribution in [0.2, 0.25) is 0 Å². The van der Waals surface area contributed by atoms with Crippen molar-refractivity contribution in [3.05, 3.63) is 64.6 Å². The Morgan fingerprint density at radius 3 is 2.47 bits per heavy atom. The van der Waals surface area contributed by atoms with E-state index in [1.165, 1.54) is 22.2 Å². The Hall–Kier alpha value is -2.31. The molecule has 0 aromatic heterocycles. The minimum Gasteiger partial charge on any atom is -0.493 e. The van der Waals surface area contributed by atoms with E-state index >= 15 is 0 Å². The molecule has 0 radical (unpaired) electrons. The van der Waals surface area contributed by atoms with E-state index in [0.717, 1.165) is 29.9 Å². The second-order valence-corrected chi connectivity index (χ2v) is 8.88. The zero-order valence-corrected chi connectivity index (χ0v) is 19.2. The molecule has 3 rings (SSSR count). The van der Waals surface area contributed by atoms with Crippen molar-refractivity contribution in [2.45, 2.75) is 32.6 Å². The van der Waals surface area contributed by atoms with Crippen molar-refractivity contribution in [3.63, 3.8) is 0 Å². The highest BCUT2D eigenvalue weighted by Crippen LogP contribution is 2.31. The van der Waals surface area contributed by atoms with Crippen LogP contribution in [-0.4, -0.2) is 35.4 Å². The molecule has 0 bridgehead atoms. The largest absolute Gasteiger partial charge is 0.493 e. The monoisotopic (exact) mass is 441 g/mol. The zero-order valence-electron chi connectivity index (χ0n) is 17.6. The Bertz CT molecular complexity index is 924. The normalized spacial score (nSPS) is 16.2. The van der Waals surface area contributed by atoms with Crippen molar-refractivity contribution in [3.8, 4) is 11.5 Å². The first-order valence-corrected chi connectivity index (χ1v) is 11.4. The molecule has 4 nitrogen and oxygen atoms in total. The van der Waals surface area contributed by atoms with Crippen molar-refractivity contribution in [2.24, 2.45) is 0 Å². The van der Waals surface area contributed by atoms with E-state index in [-0.39, 0.29) is 5.91 Å². The second kappa shape index (κ2) is 10.6. The van der Waals surface area contributed by atoms with Gasteiger partial charge in [0.1, 0.15) is 15.8 Å². The van der Waals surface area contributed by atoms with Gasteiger partial charge in [-0.3, -0.25) is 9.69 Å². The van der Waals surface area contributed by atoms with Crippen LogP contribution in [0.15, 0.2) is 53.4 Å². The second-order valence-electron chi connectivity index (χ2n) is 7.21. The Labute approximate surface area is 188 Å². The van der Waals surface area contributed by atoms with Crippen LogP contribution in [0.3, 0.4) is 0 Å².